The summed E-state index contributed by atoms with van der Waals surface area (Å²) < 4.78 is 23.9. The summed E-state index contributed by atoms with van der Waals surface area (Å²) in [4.78, 5) is 12.2. The van der Waals surface area contributed by atoms with Crippen LogP contribution in [-0.2, 0) is 0 Å². The number of ether oxygens (including phenoxy) is 2. The van der Waals surface area contributed by atoms with Crippen LogP contribution in [0.25, 0.3) is 0 Å². The molecule has 4 nitrogen and oxygen atoms in total. The largest absolute Gasteiger partial charge is 0.493 e. The first-order chi connectivity index (χ1) is 10.6. The predicted octanol–water partition coefficient (Wildman–Crippen LogP) is 3.88. The highest BCUT2D eigenvalue weighted by atomic mass is 19.1. The number of rotatable bonds is 6. The molecule has 22 heavy (non-hydrogen) atoms. The van der Waals surface area contributed by atoms with Crippen molar-refractivity contribution in [3.63, 3.8) is 0 Å². The number of hydrogen-bond acceptors (Lipinski definition) is 3. The number of nitrogens with one attached hydrogen (secondary N) is 1. The van der Waals surface area contributed by atoms with Crippen molar-refractivity contribution >= 4 is 11.6 Å². The first-order valence-corrected chi connectivity index (χ1v) is 7.01. The molecule has 1 N–H and O–H groups in total. The highest BCUT2D eigenvalue weighted by molar-refractivity contribution is 6.04. The van der Waals surface area contributed by atoms with Crippen LogP contribution in [0.5, 0.6) is 11.5 Å². The van der Waals surface area contributed by atoms with Crippen LogP contribution in [0.15, 0.2) is 42.5 Å². The number of amides is 1. The van der Waals surface area contributed by atoms with Crippen molar-refractivity contribution < 1.29 is 18.7 Å². The first kappa shape index (κ1) is 15.8. The Balaban J connectivity index is 2.15. The van der Waals surface area contributed by atoms with Gasteiger partial charge in [0.05, 0.1) is 13.7 Å². The zero-order valence-corrected chi connectivity index (χ0v) is 12.6. The van der Waals surface area contributed by atoms with Crippen LogP contribution >= 0.6 is 0 Å². The number of hydrogen-bond donors (Lipinski definition) is 1. The summed E-state index contributed by atoms with van der Waals surface area (Å²) in [5.74, 6) is 0.330. The lowest BCUT2D eigenvalue weighted by Gasteiger charge is -2.12. The van der Waals surface area contributed by atoms with E-state index in [2.05, 4.69) is 5.32 Å². The van der Waals surface area contributed by atoms with E-state index in [0.717, 1.165) is 6.42 Å². The van der Waals surface area contributed by atoms with Crippen LogP contribution in [0.4, 0.5) is 10.1 Å². The summed E-state index contributed by atoms with van der Waals surface area (Å²) in [5, 5.41) is 2.64. The molecule has 116 valence electrons. The summed E-state index contributed by atoms with van der Waals surface area (Å²) in [5.41, 5.74) is 0.806. The maximum Gasteiger partial charge on any atom is 0.255 e. The van der Waals surface area contributed by atoms with Crippen molar-refractivity contribution in [3.8, 4) is 11.5 Å². The quantitative estimate of drug-likeness (QED) is 0.881. The van der Waals surface area contributed by atoms with E-state index in [9.17, 15) is 9.18 Å². The Morgan fingerprint density at radius 2 is 2.00 bits per heavy atom. The maximum absolute atomic E-state index is 13.1. The summed E-state index contributed by atoms with van der Waals surface area (Å²) in [6, 6.07) is 10.7. The van der Waals surface area contributed by atoms with Crippen LogP contribution in [0.1, 0.15) is 23.7 Å². The van der Waals surface area contributed by atoms with Crippen LogP contribution in [0.3, 0.4) is 0 Å². The van der Waals surface area contributed by atoms with Crippen molar-refractivity contribution in [2.45, 2.75) is 13.3 Å². The molecule has 0 aliphatic rings. The van der Waals surface area contributed by atoms with Gasteiger partial charge in [-0.2, -0.15) is 0 Å². The fraction of sp³-hybridized carbons (Fsp3) is 0.235. The minimum Gasteiger partial charge on any atom is -0.493 e. The lowest BCUT2D eigenvalue weighted by molar-refractivity contribution is 0.102. The van der Waals surface area contributed by atoms with Crippen molar-refractivity contribution in [3.05, 3.63) is 53.8 Å². The molecule has 5 heteroatoms. The van der Waals surface area contributed by atoms with E-state index < -0.39 is 5.82 Å². The average Bonchev–Trinajstić information content (AvgIpc) is 2.52. The number of carbonyl (C=O) groups is 1. The van der Waals surface area contributed by atoms with E-state index in [1.54, 1.807) is 24.3 Å². The lowest BCUT2D eigenvalue weighted by atomic mass is 10.2. The summed E-state index contributed by atoms with van der Waals surface area (Å²) in [7, 11) is 1.52. The van der Waals surface area contributed by atoms with E-state index in [4.69, 9.17) is 9.47 Å². The Labute approximate surface area is 128 Å². The van der Waals surface area contributed by atoms with Gasteiger partial charge in [0.25, 0.3) is 5.91 Å². The van der Waals surface area contributed by atoms with Gasteiger partial charge in [-0.1, -0.05) is 13.0 Å². The number of carbonyl (C=O) groups excluding carboxylic acids is 1. The van der Waals surface area contributed by atoms with Gasteiger partial charge in [-0.05, 0) is 42.8 Å². The molecular weight excluding hydrogens is 285 g/mol. The number of benzene rings is 2. The molecule has 0 radical (unpaired) electrons. The lowest BCUT2D eigenvalue weighted by Crippen LogP contribution is -2.12. The van der Waals surface area contributed by atoms with E-state index in [-0.39, 0.29) is 5.91 Å². The SMILES string of the molecule is CCCOc1ccc(C(=O)Nc2cccc(F)c2)cc1OC. The molecule has 0 bridgehead atoms. The van der Waals surface area contributed by atoms with Crippen LogP contribution in [0.2, 0.25) is 0 Å². The number of methoxy groups -OCH3 is 1. The van der Waals surface area contributed by atoms with E-state index in [0.29, 0.717) is 29.4 Å². The molecule has 0 aliphatic heterocycles. The van der Waals surface area contributed by atoms with Crippen LogP contribution < -0.4 is 14.8 Å². The van der Waals surface area contributed by atoms with Gasteiger partial charge < -0.3 is 14.8 Å². The Morgan fingerprint density at radius 1 is 1.18 bits per heavy atom. The second-order valence-corrected chi connectivity index (χ2v) is 4.68. The van der Waals surface area contributed by atoms with Crippen LogP contribution in [-0.4, -0.2) is 19.6 Å². The molecule has 0 aliphatic carbocycles. The normalized spacial score (nSPS) is 10.1. The second kappa shape index (κ2) is 7.45. The van der Waals surface area contributed by atoms with Gasteiger partial charge in [0, 0.05) is 11.3 Å². The first-order valence-electron chi connectivity index (χ1n) is 7.01. The molecule has 0 saturated heterocycles. The Bertz CT molecular complexity index is 658. The fourth-order valence-electron chi connectivity index (χ4n) is 1.91. The minimum atomic E-state index is -0.404. The standard InChI is InChI=1S/C17H18FNO3/c1-3-9-22-15-8-7-12(10-16(15)21-2)17(20)19-14-6-4-5-13(18)11-14/h4-8,10-11H,3,9H2,1-2H3,(H,19,20). The van der Waals surface area contributed by atoms with E-state index in [1.165, 1.54) is 25.3 Å². The van der Waals surface area contributed by atoms with Gasteiger partial charge in [0.2, 0.25) is 0 Å². The van der Waals surface area contributed by atoms with Crippen molar-refractivity contribution in [1.82, 2.24) is 0 Å². The molecule has 0 aromatic heterocycles. The van der Waals surface area contributed by atoms with Gasteiger partial charge in [0.1, 0.15) is 5.82 Å². The molecular formula is C17H18FNO3. The molecule has 0 unspecified atom stereocenters. The molecule has 0 atom stereocenters. The van der Waals surface area contributed by atoms with Crippen molar-refractivity contribution in [2.24, 2.45) is 0 Å². The monoisotopic (exact) mass is 303 g/mol. The molecule has 0 spiro atoms. The zero-order chi connectivity index (χ0) is 15.9. The van der Waals surface area contributed by atoms with Crippen molar-refractivity contribution in [1.29, 1.82) is 0 Å². The third kappa shape index (κ3) is 3.97. The molecule has 2 aromatic carbocycles. The predicted molar refractivity (Wildman–Crippen MR) is 83.1 cm³/mol. The molecule has 0 heterocycles. The van der Waals surface area contributed by atoms with Gasteiger partial charge in [-0.15, -0.1) is 0 Å². The van der Waals surface area contributed by atoms with Crippen molar-refractivity contribution in [2.75, 3.05) is 19.0 Å². The maximum atomic E-state index is 13.1. The van der Waals surface area contributed by atoms with Gasteiger partial charge >= 0.3 is 0 Å². The molecule has 0 saturated carbocycles. The molecule has 2 rings (SSSR count). The fourth-order valence-corrected chi connectivity index (χ4v) is 1.91. The Morgan fingerprint density at radius 3 is 2.68 bits per heavy atom. The van der Waals surface area contributed by atoms with Gasteiger partial charge in [0.15, 0.2) is 11.5 Å². The molecule has 2 aromatic rings. The van der Waals surface area contributed by atoms with E-state index >= 15 is 0 Å². The second-order valence-electron chi connectivity index (χ2n) is 4.68. The van der Waals surface area contributed by atoms with Gasteiger partial charge in [-0.3, -0.25) is 4.79 Å². The Hall–Kier alpha value is -2.56. The number of halogens is 1. The Kier molecular flexibility index (Phi) is 5.36. The minimum absolute atomic E-state index is 0.342. The summed E-state index contributed by atoms with van der Waals surface area (Å²) in [6.07, 6.45) is 0.880. The third-order valence-corrected chi connectivity index (χ3v) is 2.97. The summed E-state index contributed by atoms with van der Waals surface area (Å²) >= 11 is 0. The molecule has 0 fully saturated rings. The third-order valence-electron chi connectivity index (χ3n) is 2.97. The highest BCUT2D eigenvalue weighted by Crippen LogP contribution is 2.28. The smallest absolute Gasteiger partial charge is 0.255 e. The topological polar surface area (TPSA) is 47.6 Å². The zero-order valence-electron chi connectivity index (χ0n) is 12.6. The average molecular weight is 303 g/mol. The highest BCUT2D eigenvalue weighted by Gasteiger charge is 2.11. The van der Waals surface area contributed by atoms with Gasteiger partial charge in [-0.25, -0.2) is 4.39 Å². The van der Waals surface area contributed by atoms with Crippen LogP contribution in [0, 0.1) is 5.82 Å². The summed E-state index contributed by atoms with van der Waals surface area (Å²) in [6.45, 7) is 2.58. The molecule has 1 amide bonds. The van der Waals surface area contributed by atoms with E-state index in [1.807, 2.05) is 6.92 Å². The number of anilines is 1.